The molecule has 1 atom stereocenters. The van der Waals surface area contributed by atoms with Gasteiger partial charge in [0.1, 0.15) is 11.3 Å². The van der Waals surface area contributed by atoms with Crippen LogP contribution in [0.25, 0.3) is 0 Å². The maximum absolute atomic E-state index is 12.3. The predicted molar refractivity (Wildman–Crippen MR) is 105 cm³/mol. The molecule has 0 bridgehead atoms. The predicted octanol–water partition coefficient (Wildman–Crippen LogP) is 1.34. The molecule has 2 rings (SSSR count). The Kier molecular flexibility index (Phi) is 7.76. The summed E-state index contributed by atoms with van der Waals surface area (Å²) >= 11 is 1.37. The second kappa shape index (κ2) is 9.84. The van der Waals surface area contributed by atoms with E-state index in [-0.39, 0.29) is 35.8 Å². The van der Waals surface area contributed by atoms with Crippen molar-refractivity contribution in [2.75, 3.05) is 18.8 Å². The zero-order valence-corrected chi connectivity index (χ0v) is 17.0. The number of carbonyl (C=O) groups is 3. The van der Waals surface area contributed by atoms with Crippen molar-refractivity contribution in [1.82, 2.24) is 5.32 Å². The van der Waals surface area contributed by atoms with Gasteiger partial charge in [0.15, 0.2) is 0 Å². The molecule has 1 aromatic carbocycles. The van der Waals surface area contributed by atoms with Crippen molar-refractivity contribution in [3.63, 3.8) is 0 Å². The Morgan fingerprint density at radius 1 is 1.36 bits per heavy atom. The molecule has 28 heavy (non-hydrogen) atoms. The van der Waals surface area contributed by atoms with E-state index in [0.29, 0.717) is 12.0 Å². The first kappa shape index (κ1) is 22.1. The van der Waals surface area contributed by atoms with Gasteiger partial charge in [0.25, 0.3) is 0 Å². The lowest BCUT2D eigenvalue weighted by molar-refractivity contribution is -0.152. The van der Waals surface area contributed by atoms with Crippen LogP contribution in [0.15, 0.2) is 18.2 Å². The molecule has 0 aromatic heterocycles. The molecule has 0 radical (unpaired) electrons. The molecule has 8 nitrogen and oxygen atoms in total. The van der Waals surface area contributed by atoms with E-state index in [2.05, 4.69) is 5.32 Å². The van der Waals surface area contributed by atoms with Gasteiger partial charge in [-0.15, -0.1) is 0 Å². The zero-order valence-electron chi connectivity index (χ0n) is 16.1. The fourth-order valence-corrected chi connectivity index (χ4v) is 3.18. The maximum Gasteiger partial charge on any atom is 0.550 e. The summed E-state index contributed by atoms with van der Waals surface area (Å²) in [6.07, 6.45) is 2.96. The van der Waals surface area contributed by atoms with Gasteiger partial charge >= 0.3 is 19.1 Å². The van der Waals surface area contributed by atoms with E-state index in [4.69, 9.17) is 14.1 Å². The van der Waals surface area contributed by atoms with Crippen LogP contribution in [0.4, 0.5) is 0 Å². The third-order valence-corrected chi connectivity index (χ3v) is 4.76. The van der Waals surface area contributed by atoms with Gasteiger partial charge < -0.3 is 24.5 Å². The highest BCUT2D eigenvalue weighted by Crippen LogP contribution is 2.34. The van der Waals surface area contributed by atoms with Gasteiger partial charge in [-0.05, 0) is 37.7 Å². The van der Waals surface area contributed by atoms with E-state index in [1.807, 2.05) is 13.2 Å². The van der Waals surface area contributed by atoms with E-state index >= 15 is 0 Å². The highest BCUT2D eigenvalue weighted by molar-refractivity contribution is 7.99. The molecule has 0 saturated carbocycles. The van der Waals surface area contributed by atoms with Crippen molar-refractivity contribution in [3.05, 3.63) is 29.3 Å². The average molecular weight is 409 g/mol. The number of hydrogen-bond donors (Lipinski definition) is 2. The van der Waals surface area contributed by atoms with E-state index in [1.165, 1.54) is 17.8 Å². The minimum Gasteiger partial charge on any atom is -0.534 e. The summed E-state index contributed by atoms with van der Waals surface area (Å²) in [6, 6.07) is 4.90. The first-order chi connectivity index (χ1) is 13.3. The molecule has 1 amide bonds. The van der Waals surface area contributed by atoms with Crippen LogP contribution in [0, 0.1) is 0 Å². The number of fused-ring (bicyclic) bond motifs is 1. The minimum absolute atomic E-state index is 0.112. The topological polar surface area (TPSA) is 111 Å². The van der Waals surface area contributed by atoms with Gasteiger partial charge in [-0.3, -0.25) is 9.59 Å². The quantitative estimate of drug-likeness (QED) is 0.376. The summed E-state index contributed by atoms with van der Waals surface area (Å²) in [5, 5.41) is 13.2. The molecule has 10 heteroatoms. The van der Waals surface area contributed by atoms with E-state index in [0.717, 1.165) is 0 Å². The van der Waals surface area contributed by atoms with E-state index < -0.39 is 31.3 Å². The average Bonchev–Trinajstić information content (AvgIpc) is 2.62. The molecule has 1 aliphatic heterocycles. The number of ether oxygens (including phenoxy) is 2. The summed E-state index contributed by atoms with van der Waals surface area (Å²) in [5.74, 6) is -0.947. The van der Waals surface area contributed by atoms with Gasteiger partial charge in [-0.2, -0.15) is 11.8 Å². The highest BCUT2D eigenvalue weighted by Gasteiger charge is 2.47. The van der Waals surface area contributed by atoms with Crippen LogP contribution < -0.4 is 9.97 Å². The van der Waals surface area contributed by atoms with Crippen LogP contribution in [0.5, 0.6) is 5.75 Å². The molecular weight excluding hydrogens is 385 g/mol. The molecule has 0 fully saturated rings. The third kappa shape index (κ3) is 5.42. The van der Waals surface area contributed by atoms with Gasteiger partial charge in [0, 0.05) is 6.42 Å². The summed E-state index contributed by atoms with van der Waals surface area (Å²) in [6.45, 7) is 3.02. The molecular formula is C18H24BNO7S. The van der Waals surface area contributed by atoms with Crippen LogP contribution in [0.2, 0.25) is 0 Å². The third-order valence-electron chi connectivity index (χ3n) is 4.21. The number of hydrogen-bond acceptors (Lipinski definition) is 8. The summed E-state index contributed by atoms with van der Waals surface area (Å²) < 4.78 is 15.4. The number of benzene rings is 1. The lowest BCUT2D eigenvalue weighted by atomic mass is 9.60. The number of esters is 2. The first-order valence-corrected chi connectivity index (χ1v) is 10.3. The Morgan fingerprint density at radius 3 is 2.79 bits per heavy atom. The zero-order chi connectivity index (χ0) is 20.7. The highest BCUT2D eigenvalue weighted by atomic mass is 32.2. The monoisotopic (exact) mass is 409 g/mol. The number of para-hydroxylation sites is 1. The fraction of sp³-hybridized carbons (Fsp3) is 0.500. The smallest absolute Gasteiger partial charge is 0.534 e. The molecule has 1 aromatic rings. The molecule has 152 valence electrons. The molecule has 0 aliphatic carbocycles. The standard InChI is InChI=1S/C18H24BNO7S/c1-4-6-15(22)25-11-26-17(23)13-8-5-7-12-9-18(2,19(24)27-16(12)13)20-14(21)10-28-3/h5,7-8,24H,4,6,9-11H2,1-3H3,(H,20,21). The van der Waals surface area contributed by atoms with E-state index in [1.54, 1.807) is 19.1 Å². The Balaban J connectivity index is 2.10. The van der Waals surface area contributed by atoms with Crippen LogP contribution in [0.1, 0.15) is 42.6 Å². The largest absolute Gasteiger partial charge is 0.550 e. The molecule has 0 spiro atoms. The van der Waals surface area contributed by atoms with Gasteiger partial charge in [-0.25, -0.2) is 4.79 Å². The number of carbonyl (C=O) groups excluding carboxylic acids is 3. The second-order valence-electron chi connectivity index (χ2n) is 6.66. The van der Waals surface area contributed by atoms with Crippen LogP contribution in [-0.4, -0.2) is 54.2 Å². The number of thioether (sulfide) groups is 1. The van der Waals surface area contributed by atoms with Gasteiger partial charge in [0.05, 0.1) is 11.2 Å². The Hall–Kier alpha value is -2.20. The molecule has 0 saturated heterocycles. The minimum atomic E-state index is -1.35. The van der Waals surface area contributed by atoms with Crippen molar-refractivity contribution in [3.8, 4) is 5.75 Å². The van der Waals surface area contributed by atoms with Crippen molar-refractivity contribution < 1.29 is 33.5 Å². The lowest BCUT2D eigenvalue weighted by Gasteiger charge is -2.37. The molecule has 2 N–H and O–H groups in total. The van der Waals surface area contributed by atoms with Crippen molar-refractivity contribution in [1.29, 1.82) is 0 Å². The fourth-order valence-electron chi connectivity index (χ4n) is 2.84. The maximum atomic E-state index is 12.3. The number of nitrogens with one attached hydrogen (secondary N) is 1. The molecule has 1 aliphatic rings. The molecule has 1 heterocycles. The van der Waals surface area contributed by atoms with Crippen molar-refractivity contribution >= 4 is 36.7 Å². The summed E-state index contributed by atoms with van der Waals surface area (Å²) in [4.78, 5) is 35.6. The van der Waals surface area contributed by atoms with Crippen molar-refractivity contribution in [2.45, 2.75) is 38.5 Å². The lowest BCUT2D eigenvalue weighted by Crippen LogP contribution is -2.63. The Labute approximate surface area is 168 Å². The SMILES string of the molecule is CCCC(=O)OCOC(=O)c1cccc2c1OB(O)C(C)(NC(=O)CSC)C2. The second-order valence-corrected chi connectivity index (χ2v) is 7.52. The van der Waals surface area contributed by atoms with Crippen LogP contribution in [0.3, 0.4) is 0 Å². The van der Waals surface area contributed by atoms with E-state index in [9.17, 15) is 19.4 Å². The van der Waals surface area contributed by atoms with Gasteiger partial charge in [-0.1, -0.05) is 19.1 Å². The van der Waals surface area contributed by atoms with Crippen LogP contribution >= 0.6 is 11.8 Å². The van der Waals surface area contributed by atoms with Crippen molar-refractivity contribution in [2.24, 2.45) is 0 Å². The molecule has 1 unspecified atom stereocenters. The first-order valence-electron chi connectivity index (χ1n) is 8.90. The number of rotatable bonds is 8. The van der Waals surface area contributed by atoms with Crippen LogP contribution in [-0.2, 0) is 25.5 Å². The summed E-state index contributed by atoms with van der Waals surface area (Å²) in [7, 11) is -1.35. The number of amides is 1. The normalized spacial score (nSPS) is 17.9. The van der Waals surface area contributed by atoms with Gasteiger partial charge in [0.2, 0.25) is 12.7 Å². The Morgan fingerprint density at radius 2 is 2.11 bits per heavy atom. The Bertz CT molecular complexity index is 745. The summed E-state index contributed by atoms with van der Waals surface area (Å²) in [5.41, 5.74) is -0.270.